The number of aliphatic hydroxyl groups is 1. The SMILES string of the molecule is O=C(O)CCCCCN1CCC(CO)CC1. The lowest BCUT2D eigenvalue weighted by Crippen LogP contribution is -2.35. The third-order valence-corrected chi connectivity index (χ3v) is 3.33. The molecular formula is C12H23NO3. The largest absolute Gasteiger partial charge is 0.481 e. The van der Waals surface area contributed by atoms with Crippen molar-refractivity contribution in [1.82, 2.24) is 4.90 Å². The van der Waals surface area contributed by atoms with E-state index in [-0.39, 0.29) is 0 Å². The van der Waals surface area contributed by atoms with Gasteiger partial charge in [-0.3, -0.25) is 4.79 Å². The van der Waals surface area contributed by atoms with Crippen molar-refractivity contribution >= 4 is 5.97 Å². The number of carboxylic acids is 1. The van der Waals surface area contributed by atoms with Crippen LogP contribution in [0.15, 0.2) is 0 Å². The highest BCUT2D eigenvalue weighted by Gasteiger charge is 2.17. The number of carbonyl (C=O) groups is 1. The molecule has 0 saturated carbocycles. The number of rotatable bonds is 7. The van der Waals surface area contributed by atoms with Gasteiger partial charge in [0.25, 0.3) is 0 Å². The summed E-state index contributed by atoms with van der Waals surface area (Å²) in [7, 11) is 0. The molecule has 0 aromatic heterocycles. The number of aliphatic hydroxyl groups excluding tert-OH is 1. The highest BCUT2D eigenvalue weighted by Crippen LogP contribution is 2.16. The van der Waals surface area contributed by atoms with Gasteiger partial charge in [-0.25, -0.2) is 0 Å². The molecule has 0 spiro atoms. The van der Waals surface area contributed by atoms with Gasteiger partial charge in [0.1, 0.15) is 0 Å². The number of nitrogens with zero attached hydrogens (tertiary/aromatic N) is 1. The first kappa shape index (κ1) is 13.5. The molecule has 0 amide bonds. The summed E-state index contributed by atoms with van der Waals surface area (Å²) in [4.78, 5) is 12.7. The van der Waals surface area contributed by atoms with E-state index < -0.39 is 5.97 Å². The fraction of sp³-hybridized carbons (Fsp3) is 0.917. The Morgan fingerprint density at radius 3 is 2.44 bits per heavy atom. The van der Waals surface area contributed by atoms with Crippen LogP contribution < -0.4 is 0 Å². The molecule has 16 heavy (non-hydrogen) atoms. The Balaban J connectivity index is 1.96. The molecule has 1 aliphatic rings. The van der Waals surface area contributed by atoms with Gasteiger partial charge in [0.15, 0.2) is 0 Å². The first-order chi connectivity index (χ1) is 7.72. The normalized spacial score (nSPS) is 18.8. The molecule has 0 bridgehead atoms. The highest BCUT2D eigenvalue weighted by molar-refractivity contribution is 5.66. The van der Waals surface area contributed by atoms with Crippen LogP contribution in [-0.2, 0) is 4.79 Å². The Bertz CT molecular complexity index is 200. The molecule has 0 atom stereocenters. The second-order valence-corrected chi connectivity index (χ2v) is 4.67. The third-order valence-electron chi connectivity index (χ3n) is 3.33. The van der Waals surface area contributed by atoms with Crippen LogP contribution >= 0.6 is 0 Å². The van der Waals surface area contributed by atoms with Gasteiger partial charge < -0.3 is 15.1 Å². The lowest BCUT2D eigenvalue weighted by atomic mass is 9.98. The smallest absolute Gasteiger partial charge is 0.303 e. The summed E-state index contributed by atoms with van der Waals surface area (Å²) in [6, 6.07) is 0. The van der Waals surface area contributed by atoms with Crippen LogP contribution in [0.2, 0.25) is 0 Å². The van der Waals surface area contributed by atoms with Crippen LogP contribution in [0.1, 0.15) is 38.5 Å². The minimum absolute atomic E-state index is 0.298. The summed E-state index contributed by atoms with van der Waals surface area (Å²) in [5.74, 6) is -0.188. The molecule has 0 aliphatic carbocycles. The molecule has 94 valence electrons. The van der Waals surface area contributed by atoms with Crippen molar-refractivity contribution in [2.75, 3.05) is 26.2 Å². The predicted octanol–water partition coefficient (Wildman–Crippen LogP) is 1.34. The zero-order chi connectivity index (χ0) is 11.8. The topological polar surface area (TPSA) is 60.8 Å². The second-order valence-electron chi connectivity index (χ2n) is 4.67. The van der Waals surface area contributed by atoms with E-state index in [1.54, 1.807) is 0 Å². The average molecular weight is 229 g/mol. The van der Waals surface area contributed by atoms with Crippen molar-refractivity contribution in [3.8, 4) is 0 Å². The highest BCUT2D eigenvalue weighted by atomic mass is 16.4. The quantitative estimate of drug-likeness (QED) is 0.647. The zero-order valence-corrected chi connectivity index (χ0v) is 9.90. The van der Waals surface area contributed by atoms with E-state index in [2.05, 4.69) is 4.90 Å². The number of hydrogen-bond acceptors (Lipinski definition) is 3. The number of carboxylic acid groups (broad SMARTS) is 1. The average Bonchev–Trinajstić information content (AvgIpc) is 2.29. The summed E-state index contributed by atoms with van der Waals surface area (Å²) < 4.78 is 0. The molecule has 1 fully saturated rings. The van der Waals surface area contributed by atoms with Gasteiger partial charge in [-0.1, -0.05) is 6.42 Å². The molecular weight excluding hydrogens is 206 g/mol. The van der Waals surface area contributed by atoms with Crippen molar-refractivity contribution in [1.29, 1.82) is 0 Å². The summed E-state index contributed by atoms with van der Waals surface area (Å²) in [6.07, 6.45) is 5.40. The van der Waals surface area contributed by atoms with Crippen LogP contribution in [0.25, 0.3) is 0 Å². The Morgan fingerprint density at radius 1 is 1.19 bits per heavy atom. The molecule has 1 saturated heterocycles. The van der Waals surface area contributed by atoms with E-state index in [1.165, 1.54) is 0 Å². The maximum Gasteiger partial charge on any atom is 0.303 e. The molecule has 0 radical (unpaired) electrons. The van der Waals surface area contributed by atoms with Crippen LogP contribution in [0.3, 0.4) is 0 Å². The van der Waals surface area contributed by atoms with Crippen molar-refractivity contribution in [2.45, 2.75) is 38.5 Å². The fourth-order valence-electron chi connectivity index (χ4n) is 2.18. The predicted molar refractivity (Wildman–Crippen MR) is 62.4 cm³/mol. The first-order valence-electron chi connectivity index (χ1n) is 6.27. The summed E-state index contributed by atoms with van der Waals surface area (Å²) in [5, 5.41) is 17.5. The Labute approximate surface area is 97.3 Å². The molecule has 0 unspecified atom stereocenters. The van der Waals surface area contributed by atoms with E-state index in [4.69, 9.17) is 10.2 Å². The van der Waals surface area contributed by atoms with Gasteiger partial charge in [-0.2, -0.15) is 0 Å². The zero-order valence-electron chi connectivity index (χ0n) is 9.90. The molecule has 0 aromatic rings. The van der Waals surface area contributed by atoms with Crippen LogP contribution in [0, 0.1) is 5.92 Å². The molecule has 1 heterocycles. The van der Waals surface area contributed by atoms with Crippen LogP contribution in [0.4, 0.5) is 0 Å². The van der Waals surface area contributed by atoms with Gasteiger partial charge >= 0.3 is 5.97 Å². The first-order valence-corrected chi connectivity index (χ1v) is 6.27. The standard InChI is InChI=1S/C12H23NO3/c14-10-11-5-8-13(9-6-11)7-3-1-2-4-12(15)16/h11,14H,1-10H2,(H,15,16). The van der Waals surface area contributed by atoms with Crippen molar-refractivity contribution in [3.63, 3.8) is 0 Å². The lowest BCUT2D eigenvalue weighted by Gasteiger charge is -2.30. The number of piperidine rings is 1. The molecule has 4 nitrogen and oxygen atoms in total. The van der Waals surface area contributed by atoms with E-state index in [1.807, 2.05) is 0 Å². The molecule has 2 N–H and O–H groups in total. The third kappa shape index (κ3) is 5.47. The second kappa shape index (κ2) is 7.63. The van der Waals surface area contributed by atoms with Gasteiger partial charge in [0.2, 0.25) is 0 Å². The van der Waals surface area contributed by atoms with Crippen LogP contribution in [0.5, 0.6) is 0 Å². The summed E-state index contributed by atoms with van der Waals surface area (Å²) >= 11 is 0. The number of hydrogen-bond donors (Lipinski definition) is 2. The van der Waals surface area contributed by atoms with Gasteiger partial charge in [0, 0.05) is 13.0 Å². The lowest BCUT2D eigenvalue weighted by molar-refractivity contribution is -0.137. The fourth-order valence-corrected chi connectivity index (χ4v) is 2.18. The van der Waals surface area contributed by atoms with Crippen molar-refractivity contribution in [3.05, 3.63) is 0 Å². The monoisotopic (exact) mass is 229 g/mol. The summed E-state index contributed by atoms with van der Waals surface area (Å²) in [5.41, 5.74) is 0. The molecule has 1 rings (SSSR count). The number of unbranched alkanes of at least 4 members (excludes halogenated alkanes) is 2. The van der Waals surface area contributed by atoms with Crippen LogP contribution in [-0.4, -0.2) is 47.3 Å². The van der Waals surface area contributed by atoms with Crippen molar-refractivity contribution in [2.24, 2.45) is 5.92 Å². The Hall–Kier alpha value is -0.610. The molecule has 4 heteroatoms. The Kier molecular flexibility index (Phi) is 6.42. The summed E-state index contributed by atoms with van der Waals surface area (Å²) in [6.45, 7) is 3.58. The van der Waals surface area contributed by atoms with Gasteiger partial charge in [-0.05, 0) is 51.2 Å². The number of aliphatic carboxylic acids is 1. The maximum atomic E-state index is 10.3. The molecule has 0 aromatic carbocycles. The minimum Gasteiger partial charge on any atom is -0.481 e. The minimum atomic E-state index is -0.691. The van der Waals surface area contributed by atoms with E-state index in [0.717, 1.165) is 51.7 Å². The van der Waals surface area contributed by atoms with Crippen molar-refractivity contribution < 1.29 is 15.0 Å². The van der Waals surface area contributed by atoms with Gasteiger partial charge in [-0.15, -0.1) is 0 Å². The number of likely N-dealkylation sites (tertiary alicyclic amines) is 1. The Morgan fingerprint density at radius 2 is 1.88 bits per heavy atom. The van der Waals surface area contributed by atoms with E-state index >= 15 is 0 Å². The van der Waals surface area contributed by atoms with Gasteiger partial charge in [0.05, 0.1) is 0 Å². The van der Waals surface area contributed by atoms with E-state index in [9.17, 15) is 4.79 Å². The van der Waals surface area contributed by atoms with E-state index in [0.29, 0.717) is 18.9 Å². The maximum absolute atomic E-state index is 10.3. The molecule has 1 aliphatic heterocycles.